The largest absolute Gasteiger partial charge is 0.472 e. The monoisotopic (exact) mass is 492 g/mol. The Morgan fingerprint density at radius 1 is 1.03 bits per heavy atom. The Kier molecular flexibility index (Phi) is 6.68. The van der Waals surface area contributed by atoms with Crippen LogP contribution in [0.5, 0.6) is 0 Å². The van der Waals surface area contributed by atoms with Crippen molar-refractivity contribution in [1.82, 2.24) is 0 Å². The van der Waals surface area contributed by atoms with Crippen LogP contribution in [-0.2, 0) is 28.5 Å². The summed E-state index contributed by atoms with van der Waals surface area (Å²) in [4.78, 5) is 12.3. The first kappa shape index (κ1) is 24.3. The molecule has 1 aliphatic carbocycles. The summed E-state index contributed by atoms with van der Waals surface area (Å²) in [6.07, 6.45) is -4.06. The number of carbonyl (C=O) groups is 1. The Morgan fingerprint density at radius 2 is 1.80 bits per heavy atom. The standard InChI is InChI=1S/C24H28O11/c25-10-14-18(28)19(29)20(30)23(33-14)34-22-16-13(8-9-31-22)17(27)21-24(16,35-21)11-32-15(26)7-6-12-4-2-1-3-5-12/h1-9,13-14,16-23,25,27-30H,10-11H2/b7-6-/t13?,14-,16?,17+,18-,19+,20-,21+,22+,23+,24-/m1/s1. The number of aliphatic hydroxyl groups excluding tert-OH is 5. The molecule has 11 heteroatoms. The number of carbonyl (C=O) groups excluding carboxylic acids is 1. The van der Waals surface area contributed by atoms with Gasteiger partial charge in [-0.2, -0.15) is 0 Å². The molecule has 11 nitrogen and oxygen atoms in total. The number of esters is 1. The van der Waals surface area contributed by atoms with Gasteiger partial charge < -0.3 is 49.2 Å². The predicted molar refractivity (Wildman–Crippen MR) is 116 cm³/mol. The van der Waals surface area contributed by atoms with E-state index in [-0.39, 0.29) is 6.61 Å². The summed E-state index contributed by atoms with van der Waals surface area (Å²) < 4.78 is 28.1. The second-order valence-electron chi connectivity index (χ2n) is 9.11. The molecule has 1 aromatic carbocycles. The average molecular weight is 492 g/mol. The van der Waals surface area contributed by atoms with Gasteiger partial charge in [-0.15, -0.1) is 0 Å². The third-order valence-corrected chi connectivity index (χ3v) is 7.03. The lowest BCUT2D eigenvalue weighted by Crippen LogP contribution is -2.60. The second kappa shape index (κ2) is 9.60. The van der Waals surface area contributed by atoms with Gasteiger partial charge in [-0.1, -0.05) is 30.3 Å². The fraction of sp³-hybridized carbons (Fsp3) is 0.542. The summed E-state index contributed by atoms with van der Waals surface area (Å²) in [6.45, 7) is -0.776. The molecule has 11 atom stereocenters. The van der Waals surface area contributed by atoms with E-state index in [4.69, 9.17) is 23.7 Å². The first-order chi connectivity index (χ1) is 16.9. The van der Waals surface area contributed by atoms with Crippen molar-refractivity contribution in [3.8, 4) is 0 Å². The topological polar surface area (TPSA) is 168 Å². The zero-order chi connectivity index (χ0) is 24.7. The third kappa shape index (κ3) is 4.39. The van der Waals surface area contributed by atoms with Crippen LogP contribution >= 0.6 is 0 Å². The summed E-state index contributed by atoms with van der Waals surface area (Å²) in [5, 5.41) is 50.5. The van der Waals surface area contributed by atoms with Gasteiger partial charge in [-0.25, -0.2) is 4.79 Å². The van der Waals surface area contributed by atoms with Crippen molar-refractivity contribution in [2.24, 2.45) is 11.8 Å². The van der Waals surface area contributed by atoms with Gasteiger partial charge in [0.05, 0.1) is 24.9 Å². The maximum atomic E-state index is 12.3. The molecular weight excluding hydrogens is 464 g/mol. The molecule has 2 saturated heterocycles. The minimum atomic E-state index is -1.63. The van der Waals surface area contributed by atoms with Crippen molar-refractivity contribution in [1.29, 1.82) is 0 Å². The molecule has 3 aliphatic heterocycles. The van der Waals surface area contributed by atoms with Crippen LogP contribution in [0.3, 0.4) is 0 Å². The number of epoxide rings is 1. The SMILES string of the molecule is O=C(/C=C\c1ccccc1)OC[C@]12O[C@H]1[C@@H](O)C1C=CO[C@@H](O[C@@H]3O[C@H](CO)[C@@H](O)[C@H](O)[C@H]3O)C12. The smallest absolute Gasteiger partial charge is 0.330 e. The number of hydrogen-bond donors (Lipinski definition) is 5. The minimum Gasteiger partial charge on any atom is -0.472 e. The van der Waals surface area contributed by atoms with Crippen LogP contribution in [0.15, 0.2) is 48.7 Å². The fourth-order valence-electron chi connectivity index (χ4n) is 5.11. The molecule has 35 heavy (non-hydrogen) atoms. The summed E-state index contributed by atoms with van der Waals surface area (Å²) in [7, 11) is 0. The highest BCUT2D eigenvalue weighted by Crippen LogP contribution is 2.60. The quantitative estimate of drug-likeness (QED) is 0.174. The third-order valence-electron chi connectivity index (χ3n) is 7.03. The van der Waals surface area contributed by atoms with Crippen LogP contribution in [-0.4, -0.2) is 99.5 Å². The molecule has 5 rings (SSSR count). The van der Waals surface area contributed by atoms with E-state index in [0.717, 1.165) is 5.56 Å². The summed E-state index contributed by atoms with van der Waals surface area (Å²) in [5.41, 5.74) is -0.248. The van der Waals surface area contributed by atoms with Crippen LogP contribution < -0.4 is 0 Å². The van der Waals surface area contributed by atoms with E-state index in [2.05, 4.69) is 0 Å². The van der Waals surface area contributed by atoms with E-state index in [0.29, 0.717) is 0 Å². The van der Waals surface area contributed by atoms with Crippen molar-refractivity contribution < 1.29 is 54.0 Å². The van der Waals surface area contributed by atoms with Crippen molar-refractivity contribution in [3.05, 3.63) is 54.3 Å². The highest BCUT2D eigenvalue weighted by Gasteiger charge is 2.76. The van der Waals surface area contributed by atoms with Crippen LogP contribution in [0, 0.1) is 11.8 Å². The van der Waals surface area contributed by atoms with Crippen molar-refractivity contribution >= 4 is 12.0 Å². The van der Waals surface area contributed by atoms with Gasteiger partial charge in [0.15, 0.2) is 6.29 Å². The molecule has 5 N–H and O–H groups in total. The lowest BCUT2D eigenvalue weighted by Gasteiger charge is -2.43. The lowest BCUT2D eigenvalue weighted by molar-refractivity contribution is -0.344. The molecule has 3 heterocycles. The second-order valence-corrected chi connectivity index (χ2v) is 9.11. The molecule has 0 aromatic heterocycles. The Morgan fingerprint density at radius 3 is 2.54 bits per heavy atom. The van der Waals surface area contributed by atoms with Crippen LogP contribution in [0.25, 0.3) is 6.08 Å². The number of fused-ring (bicyclic) bond motifs is 3. The molecule has 0 bridgehead atoms. The number of hydrogen-bond acceptors (Lipinski definition) is 11. The molecule has 0 radical (unpaired) electrons. The van der Waals surface area contributed by atoms with E-state index < -0.39 is 79.2 Å². The highest BCUT2D eigenvalue weighted by atomic mass is 16.8. The number of benzene rings is 1. The zero-order valence-corrected chi connectivity index (χ0v) is 18.6. The minimum absolute atomic E-state index is 0.167. The van der Waals surface area contributed by atoms with Gasteiger partial charge in [0.25, 0.3) is 0 Å². The van der Waals surface area contributed by atoms with Gasteiger partial charge in [0.2, 0.25) is 6.29 Å². The normalized spacial score (nSPS) is 43.9. The van der Waals surface area contributed by atoms with Crippen molar-refractivity contribution in [2.75, 3.05) is 13.2 Å². The maximum absolute atomic E-state index is 12.3. The summed E-state index contributed by atoms with van der Waals surface area (Å²) in [5.74, 6) is -1.67. The van der Waals surface area contributed by atoms with E-state index in [9.17, 15) is 30.3 Å². The predicted octanol–water partition coefficient (Wildman–Crippen LogP) is -1.33. The summed E-state index contributed by atoms with van der Waals surface area (Å²) in [6, 6.07) is 9.24. The first-order valence-corrected chi connectivity index (χ1v) is 11.4. The molecule has 0 amide bonds. The fourth-order valence-corrected chi connectivity index (χ4v) is 5.11. The molecule has 4 aliphatic rings. The van der Waals surface area contributed by atoms with Crippen LogP contribution in [0.2, 0.25) is 0 Å². The van der Waals surface area contributed by atoms with Gasteiger partial charge in [0.1, 0.15) is 42.7 Å². The number of aliphatic hydroxyl groups is 5. The summed E-state index contributed by atoms with van der Waals surface area (Å²) >= 11 is 0. The molecule has 3 fully saturated rings. The van der Waals surface area contributed by atoms with Gasteiger partial charge in [-0.05, 0) is 17.7 Å². The first-order valence-electron chi connectivity index (χ1n) is 11.4. The van der Waals surface area contributed by atoms with Gasteiger partial charge in [0, 0.05) is 12.0 Å². The highest BCUT2D eigenvalue weighted by molar-refractivity contribution is 5.87. The number of ether oxygens (including phenoxy) is 5. The molecular formula is C24H28O11. The molecule has 1 saturated carbocycles. The van der Waals surface area contributed by atoms with Crippen LogP contribution in [0.1, 0.15) is 5.56 Å². The van der Waals surface area contributed by atoms with E-state index >= 15 is 0 Å². The maximum Gasteiger partial charge on any atom is 0.330 e. The van der Waals surface area contributed by atoms with Crippen molar-refractivity contribution in [2.45, 2.75) is 54.8 Å². The molecule has 0 spiro atoms. The molecule has 2 unspecified atom stereocenters. The molecule has 1 aromatic rings. The van der Waals surface area contributed by atoms with E-state index in [1.165, 1.54) is 12.3 Å². The van der Waals surface area contributed by atoms with Gasteiger partial charge in [-0.3, -0.25) is 0 Å². The van der Waals surface area contributed by atoms with E-state index in [1.54, 1.807) is 12.2 Å². The molecule has 190 valence electrons. The van der Waals surface area contributed by atoms with E-state index in [1.807, 2.05) is 30.3 Å². The average Bonchev–Trinajstić information content (AvgIpc) is 3.56. The van der Waals surface area contributed by atoms with Crippen LogP contribution in [0.4, 0.5) is 0 Å². The zero-order valence-electron chi connectivity index (χ0n) is 18.6. The Hall–Kier alpha value is -2.35. The lowest BCUT2D eigenvalue weighted by atomic mass is 9.85. The number of rotatable bonds is 7. The Balaban J connectivity index is 1.28. The Bertz CT molecular complexity index is 965. The Labute approximate surface area is 200 Å². The van der Waals surface area contributed by atoms with Crippen molar-refractivity contribution in [3.63, 3.8) is 0 Å². The van der Waals surface area contributed by atoms with Gasteiger partial charge >= 0.3 is 5.97 Å².